The standard InChI is InChI=1S/C23H19ClN4O4/c1-12-7-8-19(13(2)9-12)28-22(31)17(14(3)26-28)11-18-20(29)25-23(32)27(21(18)30)16-6-4-5-15(24)10-16/h4-11,30H,1-3H3,(H,25,29,32). The number of aromatic nitrogens is 2. The highest BCUT2D eigenvalue weighted by atomic mass is 35.5. The minimum atomic E-state index is -0.836. The largest absolute Gasteiger partial charge is 0.494 e. The molecule has 2 heterocycles. The van der Waals surface area contributed by atoms with Gasteiger partial charge in [-0.3, -0.25) is 14.6 Å². The Morgan fingerprint density at radius 1 is 1.06 bits per heavy atom. The van der Waals surface area contributed by atoms with Crippen molar-refractivity contribution in [1.29, 1.82) is 0 Å². The Labute approximate surface area is 187 Å². The minimum Gasteiger partial charge on any atom is -0.494 e. The number of anilines is 1. The van der Waals surface area contributed by atoms with Gasteiger partial charge in [-0.1, -0.05) is 35.4 Å². The van der Waals surface area contributed by atoms with Crippen LogP contribution >= 0.6 is 11.6 Å². The van der Waals surface area contributed by atoms with Gasteiger partial charge in [0.1, 0.15) is 5.56 Å². The first kappa shape index (κ1) is 21.3. The number of aromatic amines is 1. The molecule has 2 aromatic carbocycles. The number of benzene rings is 2. The first-order chi connectivity index (χ1) is 15.2. The highest BCUT2D eigenvalue weighted by molar-refractivity contribution is 6.32. The molecule has 32 heavy (non-hydrogen) atoms. The molecular formula is C23H19ClN4O4. The number of aromatic hydroxyl groups is 1. The molecule has 0 spiro atoms. The van der Waals surface area contributed by atoms with Crippen LogP contribution < -0.4 is 16.3 Å². The monoisotopic (exact) mass is 450 g/mol. The normalized spacial score (nSPS) is 14.9. The molecular weight excluding hydrogens is 432 g/mol. The van der Waals surface area contributed by atoms with Crippen LogP contribution in [0.15, 0.2) is 62.7 Å². The molecule has 1 aliphatic heterocycles. The van der Waals surface area contributed by atoms with Crippen molar-refractivity contribution in [3.63, 3.8) is 0 Å². The molecule has 0 fully saturated rings. The van der Waals surface area contributed by atoms with E-state index in [-0.39, 0.29) is 16.8 Å². The third-order valence-electron chi connectivity index (χ3n) is 5.12. The predicted molar refractivity (Wildman–Crippen MR) is 124 cm³/mol. The molecule has 162 valence electrons. The highest BCUT2D eigenvalue weighted by Crippen LogP contribution is 2.29. The molecule has 2 N–H and O–H groups in total. The molecule has 0 aliphatic carbocycles. The summed E-state index contributed by atoms with van der Waals surface area (Å²) in [7, 11) is 0. The Morgan fingerprint density at radius 3 is 2.50 bits per heavy atom. The van der Waals surface area contributed by atoms with Crippen LogP contribution in [0.3, 0.4) is 0 Å². The summed E-state index contributed by atoms with van der Waals surface area (Å²) in [4.78, 5) is 40.1. The summed E-state index contributed by atoms with van der Waals surface area (Å²) < 4.78 is 0.910. The van der Waals surface area contributed by atoms with Crippen molar-refractivity contribution in [2.45, 2.75) is 20.8 Å². The second-order valence-corrected chi connectivity index (χ2v) is 7.90. The molecule has 1 aliphatic rings. The third kappa shape index (κ3) is 3.65. The van der Waals surface area contributed by atoms with Crippen LogP contribution in [-0.4, -0.2) is 26.3 Å². The number of hydrogen-bond donors (Lipinski definition) is 2. The molecule has 0 atom stereocenters. The molecule has 1 amide bonds. The van der Waals surface area contributed by atoms with Gasteiger partial charge in [-0.2, -0.15) is 10.1 Å². The van der Waals surface area contributed by atoms with E-state index >= 15 is 0 Å². The second-order valence-electron chi connectivity index (χ2n) is 7.46. The maximum absolute atomic E-state index is 13.1. The Morgan fingerprint density at radius 2 is 1.81 bits per heavy atom. The first-order valence-electron chi connectivity index (χ1n) is 9.70. The number of nitrogens with one attached hydrogen (secondary N) is 1. The van der Waals surface area contributed by atoms with Gasteiger partial charge in [0.15, 0.2) is 0 Å². The fourth-order valence-corrected chi connectivity index (χ4v) is 3.74. The summed E-state index contributed by atoms with van der Waals surface area (Å²) in [6.07, 6.45) is 1.24. The fourth-order valence-electron chi connectivity index (χ4n) is 3.56. The summed E-state index contributed by atoms with van der Waals surface area (Å²) in [6, 6.07) is 11.8. The van der Waals surface area contributed by atoms with Crippen molar-refractivity contribution in [2.75, 3.05) is 5.01 Å². The SMILES string of the molecule is CC1=NN(c2ccc(C)cc2C)C(=O)C1=Cc1c(O)n(-c2cccc(Cl)c2)c(=O)[nH]c1=O. The van der Waals surface area contributed by atoms with E-state index in [4.69, 9.17) is 11.6 Å². The van der Waals surface area contributed by atoms with Crippen molar-refractivity contribution in [3.05, 3.63) is 90.6 Å². The summed E-state index contributed by atoms with van der Waals surface area (Å²) >= 11 is 6.00. The zero-order valence-corrected chi connectivity index (χ0v) is 18.3. The van der Waals surface area contributed by atoms with Gasteiger partial charge < -0.3 is 5.11 Å². The van der Waals surface area contributed by atoms with Crippen LogP contribution in [0.4, 0.5) is 5.69 Å². The molecule has 1 aromatic heterocycles. The topological polar surface area (TPSA) is 108 Å². The molecule has 4 rings (SSSR count). The molecule has 8 nitrogen and oxygen atoms in total. The zero-order chi connectivity index (χ0) is 23.2. The quantitative estimate of drug-likeness (QED) is 0.597. The number of nitrogens with zero attached hydrogens (tertiary/aromatic N) is 3. The van der Waals surface area contributed by atoms with E-state index in [0.717, 1.165) is 15.7 Å². The molecule has 0 radical (unpaired) electrons. The van der Waals surface area contributed by atoms with E-state index in [0.29, 0.717) is 16.4 Å². The van der Waals surface area contributed by atoms with Gasteiger partial charge in [0.25, 0.3) is 11.5 Å². The van der Waals surface area contributed by atoms with Crippen LogP contribution in [0, 0.1) is 13.8 Å². The fraction of sp³-hybridized carbons (Fsp3) is 0.130. The second kappa shape index (κ2) is 7.97. The van der Waals surface area contributed by atoms with E-state index in [1.807, 2.05) is 26.0 Å². The summed E-state index contributed by atoms with van der Waals surface area (Å²) in [6.45, 7) is 5.46. The van der Waals surface area contributed by atoms with Crippen LogP contribution in [0.25, 0.3) is 11.8 Å². The lowest BCUT2D eigenvalue weighted by Gasteiger charge is -2.15. The van der Waals surface area contributed by atoms with Crippen molar-refractivity contribution >= 4 is 35.0 Å². The number of hydrazone groups is 1. The maximum atomic E-state index is 13.1. The average Bonchev–Trinajstić information content (AvgIpc) is 2.98. The summed E-state index contributed by atoms with van der Waals surface area (Å²) in [5.41, 5.74) is 1.38. The maximum Gasteiger partial charge on any atom is 0.335 e. The van der Waals surface area contributed by atoms with Crippen molar-refractivity contribution in [1.82, 2.24) is 9.55 Å². The number of rotatable bonds is 3. The lowest BCUT2D eigenvalue weighted by molar-refractivity contribution is -0.114. The van der Waals surface area contributed by atoms with E-state index in [1.165, 1.54) is 17.2 Å². The van der Waals surface area contributed by atoms with E-state index in [2.05, 4.69) is 10.1 Å². The number of aryl methyl sites for hydroxylation is 2. The summed E-state index contributed by atoms with van der Waals surface area (Å²) in [5.74, 6) is -1.06. The van der Waals surface area contributed by atoms with Gasteiger partial charge in [0.2, 0.25) is 5.88 Å². The number of halogens is 1. The number of hydrogen-bond acceptors (Lipinski definition) is 5. The molecule has 9 heteroatoms. The Balaban J connectivity index is 1.83. The number of amides is 1. The Kier molecular flexibility index (Phi) is 5.31. The predicted octanol–water partition coefficient (Wildman–Crippen LogP) is 3.31. The molecule has 0 saturated heterocycles. The van der Waals surface area contributed by atoms with Crippen LogP contribution in [-0.2, 0) is 4.79 Å². The van der Waals surface area contributed by atoms with Gasteiger partial charge in [-0.05, 0) is 56.7 Å². The number of carbonyl (C=O) groups excluding carboxylic acids is 1. The Bertz CT molecular complexity index is 1450. The number of H-pyrrole nitrogens is 1. The smallest absolute Gasteiger partial charge is 0.335 e. The molecule has 0 bridgehead atoms. The van der Waals surface area contributed by atoms with Crippen LogP contribution in [0.2, 0.25) is 5.02 Å². The van der Waals surface area contributed by atoms with Gasteiger partial charge in [0, 0.05) is 5.02 Å². The van der Waals surface area contributed by atoms with E-state index in [9.17, 15) is 19.5 Å². The van der Waals surface area contributed by atoms with Gasteiger partial charge >= 0.3 is 5.69 Å². The van der Waals surface area contributed by atoms with E-state index < -0.39 is 23.0 Å². The van der Waals surface area contributed by atoms with Gasteiger partial charge in [-0.15, -0.1) is 0 Å². The van der Waals surface area contributed by atoms with Crippen molar-refractivity contribution in [3.8, 4) is 11.6 Å². The van der Waals surface area contributed by atoms with Crippen molar-refractivity contribution < 1.29 is 9.90 Å². The van der Waals surface area contributed by atoms with Crippen molar-refractivity contribution in [2.24, 2.45) is 5.10 Å². The first-order valence-corrected chi connectivity index (χ1v) is 10.1. The lowest BCUT2D eigenvalue weighted by Crippen LogP contribution is -2.30. The van der Waals surface area contributed by atoms with Gasteiger partial charge in [-0.25, -0.2) is 9.36 Å². The van der Waals surface area contributed by atoms with Gasteiger partial charge in [0.05, 0.1) is 22.7 Å². The third-order valence-corrected chi connectivity index (χ3v) is 5.35. The minimum absolute atomic E-state index is 0.127. The van der Waals surface area contributed by atoms with Crippen LogP contribution in [0.5, 0.6) is 5.88 Å². The lowest BCUT2D eigenvalue weighted by atomic mass is 10.1. The number of carbonyl (C=O) groups is 1. The van der Waals surface area contributed by atoms with E-state index in [1.54, 1.807) is 31.2 Å². The summed E-state index contributed by atoms with van der Waals surface area (Å²) in [5, 5.41) is 16.7. The Hall–Kier alpha value is -3.91. The zero-order valence-electron chi connectivity index (χ0n) is 17.5. The molecule has 0 saturated carbocycles. The highest BCUT2D eigenvalue weighted by Gasteiger charge is 2.30. The molecule has 0 unspecified atom stereocenters. The average molecular weight is 451 g/mol. The van der Waals surface area contributed by atoms with Crippen LogP contribution in [0.1, 0.15) is 23.6 Å². The molecule has 3 aromatic rings.